The van der Waals surface area contributed by atoms with E-state index in [4.69, 9.17) is 5.73 Å². The van der Waals surface area contributed by atoms with Crippen molar-refractivity contribution in [2.24, 2.45) is 0 Å². The van der Waals surface area contributed by atoms with Crippen molar-refractivity contribution in [3.63, 3.8) is 0 Å². The van der Waals surface area contributed by atoms with Gasteiger partial charge >= 0.3 is 0 Å². The van der Waals surface area contributed by atoms with Gasteiger partial charge in [-0.05, 0) is 42.0 Å². The van der Waals surface area contributed by atoms with Gasteiger partial charge in [0.15, 0.2) is 0 Å². The quantitative estimate of drug-likeness (QED) is 0.454. The molecule has 0 unspecified atom stereocenters. The van der Waals surface area contributed by atoms with Crippen molar-refractivity contribution >= 4 is 27.5 Å². The summed E-state index contributed by atoms with van der Waals surface area (Å²) < 4.78 is 0. The lowest BCUT2D eigenvalue weighted by Crippen LogP contribution is -1.82. The fraction of sp³-hybridized carbons (Fsp3) is 0. The molecule has 0 fully saturated rings. The van der Waals surface area contributed by atoms with Gasteiger partial charge in [-0.1, -0.05) is 24.3 Å². The number of hydrogen-bond donors (Lipinski definition) is 3. The van der Waals surface area contributed by atoms with Crippen molar-refractivity contribution in [1.29, 1.82) is 0 Å². The summed E-state index contributed by atoms with van der Waals surface area (Å²) in [4.78, 5) is 3.38. The second kappa shape index (κ2) is 4.28. The first kappa shape index (κ1) is 11.9. The molecule has 0 saturated carbocycles. The van der Waals surface area contributed by atoms with Crippen LogP contribution in [-0.2, 0) is 0 Å². The van der Waals surface area contributed by atoms with Crippen LogP contribution in [0.25, 0.3) is 32.9 Å². The highest BCUT2D eigenvalue weighted by Crippen LogP contribution is 2.34. The van der Waals surface area contributed by atoms with Crippen LogP contribution in [0.2, 0.25) is 0 Å². The second-order valence-corrected chi connectivity index (χ2v) is 5.21. The third-order valence-corrected chi connectivity index (χ3v) is 3.84. The number of nitrogens with two attached hydrogens (primary N) is 1. The van der Waals surface area contributed by atoms with Gasteiger partial charge in [0.25, 0.3) is 0 Å². The second-order valence-electron chi connectivity index (χ2n) is 5.21. The minimum atomic E-state index is 0.288. The number of nitrogen functional groups attached to an aromatic ring is 1. The fourth-order valence-electron chi connectivity index (χ4n) is 2.80. The molecule has 3 heteroatoms. The number of H-pyrrole nitrogens is 1. The minimum Gasteiger partial charge on any atom is -0.507 e. The number of aromatic nitrogens is 1. The molecule has 3 nitrogen and oxygen atoms in total. The number of nitrogens with one attached hydrogen (secondary N) is 1. The lowest BCUT2D eigenvalue weighted by atomic mass is 10.0. The van der Waals surface area contributed by atoms with E-state index in [9.17, 15) is 5.11 Å². The Labute approximate surface area is 121 Å². The number of fused-ring (bicyclic) bond motifs is 3. The predicted molar refractivity (Wildman–Crippen MR) is 87.3 cm³/mol. The summed E-state index contributed by atoms with van der Waals surface area (Å²) in [5.74, 6) is 0.288. The summed E-state index contributed by atoms with van der Waals surface area (Å²) in [6.45, 7) is 0. The molecule has 0 saturated heterocycles. The van der Waals surface area contributed by atoms with Crippen molar-refractivity contribution in [1.82, 2.24) is 4.98 Å². The van der Waals surface area contributed by atoms with Crippen LogP contribution in [-0.4, -0.2) is 10.1 Å². The topological polar surface area (TPSA) is 62.0 Å². The number of hydrogen-bond acceptors (Lipinski definition) is 2. The monoisotopic (exact) mass is 274 g/mol. The maximum absolute atomic E-state index is 10.0. The van der Waals surface area contributed by atoms with E-state index >= 15 is 0 Å². The van der Waals surface area contributed by atoms with Gasteiger partial charge in [-0.15, -0.1) is 0 Å². The van der Waals surface area contributed by atoms with Crippen LogP contribution in [0.5, 0.6) is 5.75 Å². The molecule has 1 aromatic heterocycles. The molecule has 1 heterocycles. The Morgan fingerprint density at radius 1 is 0.810 bits per heavy atom. The zero-order valence-corrected chi connectivity index (χ0v) is 11.3. The van der Waals surface area contributed by atoms with Gasteiger partial charge in [0.05, 0.1) is 0 Å². The van der Waals surface area contributed by atoms with Gasteiger partial charge in [0.1, 0.15) is 5.75 Å². The highest BCUT2D eigenvalue weighted by atomic mass is 16.3. The Kier molecular flexibility index (Phi) is 2.42. The van der Waals surface area contributed by atoms with Gasteiger partial charge in [-0.3, -0.25) is 0 Å². The summed E-state index contributed by atoms with van der Waals surface area (Å²) in [6.07, 6.45) is 0. The first-order valence-electron chi connectivity index (χ1n) is 6.82. The van der Waals surface area contributed by atoms with Crippen molar-refractivity contribution in [2.75, 3.05) is 5.73 Å². The molecule has 0 amide bonds. The first-order valence-corrected chi connectivity index (χ1v) is 6.82. The number of phenols is 1. The van der Waals surface area contributed by atoms with E-state index in [1.165, 1.54) is 0 Å². The van der Waals surface area contributed by atoms with Crippen molar-refractivity contribution < 1.29 is 5.11 Å². The van der Waals surface area contributed by atoms with Crippen molar-refractivity contribution in [3.8, 4) is 16.9 Å². The highest BCUT2D eigenvalue weighted by Gasteiger charge is 2.08. The average Bonchev–Trinajstić information content (AvgIpc) is 2.85. The smallest absolute Gasteiger partial charge is 0.123 e. The fourth-order valence-corrected chi connectivity index (χ4v) is 2.80. The number of anilines is 1. The number of phenolic OH excluding ortho intramolecular Hbond substituents is 1. The predicted octanol–water partition coefficient (Wildman–Crippen LogP) is 4.28. The van der Waals surface area contributed by atoms with E-state index in [0.717, 1.165) is 38.6 Å². The SMILES string of the molecule is Nc1ccc2[nH]c3ccc(-c4ccccc4O)cc3c2c1. The minimum absolute atomic E-state index is 0.288. The van der Waals surface area contributed by atoms with Gasteiger partial charge in [0, 0.05) is 33.1 Å². The highest BCUT2D eigenvalue weighted by molar-refractivity contribution is 6.09. The third kappa shape index (κ3) is 1.82. The lowest BCUT2D eigenvalue weighted by molar-refractivity contribution is 0.477. The Balaban J connectivity index is 2.03. The normalized spacial score (nSPS) is 11.2. The zero-order valence-electron chi connectivity index (χ0n) is 11.3. The molecule has 21 heavy (non-hydrogen) atoms. The van der Waals surface area contributed by atoms with Crippen LogP contribution in [0.4, 0.5) is 5.69 Å². The number of benzene rings is 3. The van der Waals surface area contributed by atoms with E-state index in [0.29, 0.717) is 0 Å². The van der Waals surface area contributed by atoms with E-state index in [2.05, 4.69) is 11.1 Å². The van der Waals surface area contributed by atoms with Gasteiger partial charge in [-0.2, -0.15) is 0 Å². The van der Waals surface area contributed by atoms with Crippen LogP contribution < -0.4 is 5.73 Å². The van der Waals surface area contributed by atoms with Crippen LogP contribution in [0, 0.1) is 0 Å². The molecule has 0 radical (unpaired) electrons. The Morgan fingerprint density at radius 3 is 2.33 bits per heavy atom. The van der Waals surface area contributed by atoms with Gasteiger partial charge in [0.2, 0.25) is 0 Å². The molecule has 0 bridgehead atoms. The molecule has 4 rings (SSSR count). The molecule has 0 aliphatic rings. The summed E-state index contributed by atoms with van der Waals surface area (Å²) in [6, 6.07) is 19.4. The molecule has 0 spiro atoms. The molecule has 4 N–H and O–H groups in total. The van der Waals surface area contributed by atoms with Crippen LogP contribution >= 0.6 is 0 Å². The summed E-state index contributed by atoms with van der Waals surface area (Å²) in [7, 11) is 0. The first-order chi connectivity index (χ1) is 10.2. The number of rotatable bonds is 1. The molecule has 4 aromatic rings. The summed E-state index contributed by atoms with van der Waals surface area (Å²) in [5, 5.41) is 12.2. The standard InChI is InChI=1S/C18H14N2O/c19-12-6-8-17-15(10-12)14-9-11(5-7-16(14)20-17)13-3-1-2-4-18(13)21/h1-10,20-21H,19H2. The van der Waals surface area contributed by atoms with Crippen molar-refractivity contribution in [2.45, 2.75) is 0 Å². The number of para-hydroxylation sites is 1. The number of aromatic hydroxyl groups is 1. The van der Waals surface area contributed by atoms with Crippen LogP contribution in [0.1, 0.15) is 0 Å². The van der Waals surface area contributed by atoms with E-state index in [1.807, 2.05) is 48.5 Å². The lowest BCUT2D eigenvalue weighted by Gasteiger charge is -2.04. The largest absolute Gasteiger partial charge is 0.507 e. The molecule has 0 aliphatic carbocycles. The zero-order chi connectivity index (χ0) is 14.4. The van der Waals surface area contributed by atoms with Gasteiger partial charge in [-0.25, -0.2) is 0 Å². The maximum Gasteiger partial charge on any atom is 0.123 e. The Morgan fingerprint density at radius 2 is 1.52 bits per heavy atom. The molecule has 0 atom stereocenters. The molecule has 0 aliphatic heterocycles. The third-order valence-electron chi connectivity index (χ3n) is 3.84. The number of aromatic amines is 1. The van der Waals surface area contributed by atoms with Crippen molar-refractivity contribution in [3.05, 3.63) is 60.7 Å². The molecule has 102 valence electrons. The average molecular weight is 274 g/mol. The molecular weight excluding hydrogens is 260 g/mol. The Bertz CT molecular complexity index is 969. The summed E-state index contributed by atoms with van der Waals surface area (Å²) >= 11 is 0. The Hall–Kier alpha value is -2.94. The van der Waals surface area contributed by atoms with E-state index < -0.39 is 0 Å². The maximum atomic E-state index is 10.0. The molecular formula is C18H14N2O. The summed E-state index contributed by atoms with van der Waals surface area (Å²) in [5.41, 5.74) is 10.6. The van der Waals surface area contributed by atoms with E-state index in [-0.39, 0.29) is 5.75 Å². The van der Waals surface area contributed by atoms with E-state index in [1.54, 1.807) is 6.07 Å². The van der Waals surface area contributed by atoms with Crippen LogP contribution in [0.3, 0.4) is 0 Å². The molecule has 3 aromatic carbocycles. The van der Waals surface area contributed by atoms with Gasteiger partial charge < -0.3 is 15.8 Å². The van der Waals surface area contributed by atoms with Crippen LogP contribution in [0.15, 0.2) is 60.7 Å².